The first-order valence-corrected chi connectivity index (χ1v) is 10.4. The van der Waals surface area contributed by atoms with Crippen molar-refractivity contribution in [2.75, 3.05) is 13.1 Å². The van der Waals surface area contributed by atoms with Gasteiger partial charge < -0.3 is 10.2 Å². The third-order valence-corrected chi connectivity index (χ3v) is 5.91. The number of carbonyl (C=O) groups excluding carboxylic acids is 2. The molecule has 146 valence electrons. The molecule has 0 radical (unpaired) electrons. The number of piperidine rings is 1. The van der Waals surface area contributed by atoms with Crippen LogP contribution in [0.4, 0.5) is 0 Å². The van der Waals surface area contributed by atoms with Crippen LogP contribution in [0.15, 0.2) is 60.7 Å². The molecule has 2 aromatic carbocycles. The van der Waals surface area contributed by atoms with Crippen molar-refractivity contribution in [2.45, 2.75) is 38.1 Å². The van der Waals surface area contributed by atoms with Crippen molar-refractivity contribution in [3.8, 4) is 0 Å². The highest BCUT2D eigenvalue weighted by Gasteiger charge is 2.36. The summed E-state index contributed by atoms with van der Waals surface area (Å²) in [6.45, 7) is 1.42. The Hall–Kier alpha value is -2.62. The van der Waals surface area contributed by atoms with Gasteiger partial charge in [0, 0.05) is 24.9 Å². The van der Waals surface area contributed by atoms with Crippen LogP contribution in [0.1, 0.15) is 42.9 Å². The number of likely N-dealkylation sites (tertiary alicyclic amines) is 1. The number of hydrogen-bond donors (Lipinski definition) is 1. The van der Waals surface area contributed by atoms with E-state index in [0.29, 0.717) is 19.0 Å². The Bertz CT molecular complexity index is 794. The fraction of sp³-hybridized carbons (Fsp3) is 0.417. The normalized spacial score (nSPS) is 18.5. The largest absolute Gasteiger partial charge is 0.349 e. The molecule has 1 saturated carbocycles. The van der Waals surface area contributed by atoms with E-state index >= 15 is 0 Å². The van der Waals surface area contributed by atoms with Crippen LogP contribution in [0.3, 0.4) is 0 Å². The lowest BCUT2D eigenvalue weighted by Gasteiger charge is -2.32. The van der Waals surface area contributed by atoms with Gasteiger partial charge in [-0.3, -0.25) is 9.59 Å². The van der Waals surface area contributed by atoms with Gasteiger partial charge in [0.1, 0.15) is 0 Å². The number of nitrogens with one attached hydrogen (secondary N) is 1. The van der Waals surface area contributed by atoms with Gasteiger partial charge in [0.2, 0.25) is 11.8 Å². The van der Waals surface area contributed by atoms with Crippen molar-refractivity contribution in [3.05, 3.63) is 71.8 Å². The minimum Gasteiger partial charge on any atom is -0.349 e. The van der Waals surface area contributed by atoms with Crippen molar-refractivity contribution >= 4 is 11.8 Å². The first-order chi connectivity index (χ1) is 13.7. The average molecular weight is 377 g/mol. The smallest absolute Gasteiger partial charge is 0.225 e. The molecule has 1 aliphatic heterocycles. The summed E-state index contributed by atoms with van der Waals surface area (Å²) in [7, 11) is 0. The zero-order chi connectivity index (χ0) is 19.3. The Morgan fingerprint density at radius 2 is 1.46 bits per heavy atom. The topological polar surface area (TPSA) is 49.4 Å². The highest BCUT2D eigenvalue weighted by molar-refractivity contribution is 5.82. The molecule has 1 heterocycles. The Kier molecular flexibility index (Phi) is 5.75. The molecule has 0 bridgehead atoms. The lowest BCUT2D eigenvalue weighted by Crippen LogP contribution is -2.44. The van der Waals surface area contributed by atoms with Crippen molar-refractivity contribution in [3.63, 3.8) is 0 Å². The van der Waals surface area contributed by atoms with E-state index < -0.39 is 0 Å². The van der Waals surface area contributed by atoms with Gasteiger partial charge in [0.15, 0.2) is 0 Å². The van der Waals surface area contributed by atoms with Crippen LogP contribution >= 0.6 is 0 Å². The molecule has 2 aromatic rings. The number of amides is 2. The highest BCUT2D eigenvalue weighted by Crippen LogP contribution is 2.32. The Balaban J connectivity index is 1.39. The van der Waals surface area contributed by atoms with E-state index in [-0.39, 0.29) is 23.8 Å². The highest BCUT2D eigenvalue weighted by atomic mass is 16.2. The summed E-state index contributed by atoms with van der Waals surface area (Å²) < 4.78 is 0. The van der Waals surface area contributed by atoms with Gasteiger partial charge in [0.25, 0.3) is 0 Å². The zero-order valence-corrected chi connectivity index (χ0v) is 16.2. The summed E-state index contributed by atoms with van der Waals surface area (Å²) in [5, 5.41) is 3.29. The van der Waals surface area contributed by atoms with Gasteiger partial charge in [-0.1, -0.05) is 60.7 Å². The van der Waals surface area contributed by atoms with Gasteiger partial charge in [-0.2, -0.15) is 0 Å². The average Bonchev–Trinajstić information content (AvgIpc) is 3.60. The minimum absolute atomic E-state index is 0.00904. The maximum absolute atomic E-state index is 13.0. The third-order valence-electron chi connectivity index (χ3n) is 5.91. The van der Waals surface area contributed by atoms with Gasteiger partial charge in [-0.15, -0.1) is 0 Å². The van der Waals surface area contributed by atoms with Gasteiger partial charge in [-0.25, -0.2) is 0 Å². The lowest BCUT2D eigenvalue weighted by atomic mass is 9.93. The summed E-state index contributed by atoms with van der Waals surface area (Å²) >= 11 is 0. The van der Waals surface area contributed by atoms with Crippen LogP contribution in [0.25, 0.3) is 0 Å². The third kappa shape index (κ3) is 4.61. The molecule has 4 nitrogen and oxygen atoms in total. The molecule has 1 atom stereocenters. The zero-order valence-electron chi connectivity index (χ0n) is 16.2. The van der Waals surface area contributed by atoms with Crippen LogP contribution in [0.2, 0.25) is 0 Å². The van der Waals surface area contributed by atoms with Gasteiger partial charge >= 0.3 is 0 Å². The van der Waals surface area contributed by atoms with Crippen LogP contribution in [0.5, 0.6) is 0 Å². The quantitative estimate of drug-likeness (QED) is 0.835. The molecular formula is C24H28N2O2. The van der Waals surface area contributed by atoms with Crippen molar-refractivity contribution in [1.82, 2.24) is 10.2 Å². The van der Waals surface area contributed by atoms with Crippen LogP contribution < -0.4 is 5.32 Å². The van der Waals surface area contributed by atoms with Gasteiger partial charge in [0.05, 0.1) is 6.04 Å². The Morgan fingerprint density at radius 1 is 0.857 bits per heavy atom. The van der Waals surface area contributed by atoms with E-state index in [2.05, 4.69) is 29.6 Å². The van der Waals surface area contributed by atoms with E-state index in [1.54, 1.807) is 0 Å². The lowest BCUT2D eigenvalue weighted by molar-refractivity contribution is -0.136. The molecule has 1 saturated heterocycles. The summed E-state index contributed by atoms with van der Waals surface area (Å²) in [4.78, 5) is 27.2. The van der Waals surface area contributed by atoms with Crippen molar-refractivity contribution in [2.24, 2.45) is 11.8 Å². The summed E-state index contributed by atoms with van der Waals surface area (Å²) in [6, 6.07) is 20.4. The van der Waals surface area contributed by atoms with Crippen LogP contribution in [-0.2, 0) is 16.0 Å². The van der Waals surface area contributed by atoms with E-state index in [1.807, 2.05) is 41.3 Å². The molecule has 1 unspecified atom stereocenters. The Labute approximate surface area is 166 Å². The molecule has 2 amide bonds. The van der Waals surface area contributed by atoms with E-state index in [4.69, 9.17) is 0 Å². The molecule has 0 spiro atoms. The monoisotopic (exact) mass is 376 g/mol. The SMILES string of the molecule is O=C(NC(Cc1ccccc1)c1ccccc1)C1CCN(C(=O)C2CC2)CC1. The Morgan fingerprint density at radius 3 is 2.07 bits per heavy atom. The number of carbonyl (C=O) groups is 2. The minimum atomic E-state index is -0.0396. The summed E-state index contributed by atoms with van der Waals surface area (Å²) in [6.07, 6.45) is 4.37. The number of benzene rings is 2. The molecule has 4 heteroatoms. The summed E-state index contributed by atoms with van der Waals surface area (Å²) in [5.41, 5.74) is 2.34. The first kappa shape index (κ1) is 18.7. The maximum Gasteiger partial charge on any atom is 0.225 e. The van der Waals surface area contributed by atoms with Gasteiger partial charge in [-0.05, 0) is 43.2 Å². The fourth-order valence-corrected chi connectivity index (χ4v) is 4.03. The first-order valence-electron chi connectivity index (χ1n) is 10.4. The molecule has 4 rings (SSSR count). The second-order valence-electron chi connectivity index (χ2n) is 8.04. The molecule has 1 N–H and O–H groups in total. The molecule has 2 aliphatic rings. The molecule has 28 heavy (non-hydrogen) atoms. The number of nitrogens with zero attached hydrogens (tertiary/aromatic N) is 1. The van der Waals surface area contributed by atoms with Crippen molar-refractivity contribution in [1.29, 1.82) is 0 Å². The summed E-state index contributed by atoms with van der Waals surface area (Å²) in [5.74, 6) is 0.664. The molecule has 1 aliphatic carbocycles. The fourth-order valence-electron chi connectivity index (χ4n) is 4.03. The molecular weight excluding hydrogens is 348 g/mol. The molecule has 0 aromatic heterocycles. The predicted molar refractivity (Wildman–Crippen MR) is 109 cm³/mol. The number of hydrogen-bond acceptors (Lipinski definition) is 2. The second kappa shape index (κ2) is 8.59. The second-order valence-corrected chi connectivity index (χ2v) is 8.04. The van der Waals surface area contributed by atoms with E-state index in [1.165, 1.54) is 5.56 Å². The van der Waals surface area contributed by atoms with E-state index in [0.717, 1.165) is 37.7 Å². The van der Waals surface area contributed by atoms with Crippen molar-refractivity contribution < 1.29 is 9.59 Å². The standard InChI is InChI=1S/C24H28N2O2/c27-23(20-13-15-26(16-14-20)24(28)21-11-12-21)25-22(19-9-5-2-6-10-19)17-18-7-3-1-4-8-18/h1-10,20-22H,11-17H2,(H,25,27). The van der Waals surface area contributed by atoms with Crippen LogP contribution in [0, 0.1) is 11.8 Å². The maximum atomic E-state index is 13.0. The molecule has 2 fully saturated rings. The van der Waals surface area contributed by atoms with Crippen LogP contribution in [-0.4, -0.2) is 29.8 Å². The number of rotatable bonds is 6. The predicted octanol–water partition coefficient (Wildman–Crippen LogP) is 3.74. The van der Waals surface area contributed by atoms with E-state index in [9.17, 15) is 9.59 Å².